The fourth-order valence-electron chi connectivity index (χ4n) is 2.03. The van der Waals surface area contributed by atoms with E-state index in [1.807, 2.05) is 0 Å². The lowest BCUT2D eigenvalue weighted by molar-refractivity contribution is -0.137. The first-order valence-corrected chi connectivity index (χ1v) is 6.31. The zero-order chi connectivity index (χ0) is 12.6. The predicted molar refractivity (Wildman–Crippen MR) is 70.7 cm³/mol. The van der Waals surface area contributed by atoms with Crippen molar-refractivity contribution < 1.29 is 13.2 Å². The molecule has 102 valence electrons. The molecule has 1 aliphatic rings. The average Bonchev–Trinajstić information content (AvgIpc) is 2.13. The minimum atomic E-state index is -4.31. The van der Waals surface area contributed by atoms with Crippen LogP contribution in [0.2, 0.25) is 0 Å². The molecule has 18 heavy (non-hydrogen) atoms. The van der Waals surface area contributed by atoms with Crippen molar-refractivity contribution in [2.75, 3.05) is 0 Å². The van der Waals surface area contributed by atoms with Gasteiger partial charge in [0.05, 0.1) is 5.56 Å². The maximum atomic E-state index is 12.6. The van der Waals surface area contributed by atoms with Crippen molar-refractivity contribution >= 4 is 28.3 Å². The van der Waals surface area contributed by atoms with Gasteiger partial charge >= 0.3 is 6.18 Å². The van der Waals surface area contributed by atoms with Crippen LogP contribution in [0, 0.1) is 5.92 Å². The van der Waals surface area contributed by atoms with Crippen molar-refractivity contribution in [3.8, 4) is 0 Å². The van der Waals surface area contributed by atoms with Gasteiger partial charge in [0.15, 0.2) is 0 Å². The molecule has 0 saturated heterocycles. The Labute approximate surface area is 118 Å². The highest BCUT2D eigenvalue weighted by molar-refractivity contribution is 9.10. The number of rotatable bonds is 2. The molecule has 1 fully saturated rings. The second-order valence-corrected chi connectivity index (χ2v) is 5.31. The van der Waals surface area contributed by atoms with Crippen LogP contribution in [0.25, 0.3) is 0 Å². The van der Waals surface area contributed by atoms with Gasteiger partial charge in [0.25, 0.3) is 0 Å². The van der Waals surface area contributed by atoms with E-state index < -0.39 is 11.7 Å². The van der Waals surface area contributed by atoms with Gasteiger partial charge in [-0.15, -0.1) is 12.4 Å². The van der Waals surface area contributed by atoms with Gasteiger partial charge in [0.2, 0.25) is 0 Å². The summed E-state index contributed by atoms with van der Waals surface area (Å²) in [5.74, 6) is 0.315. The highest BCUT2D eigenvalue weighted by atomic mass is 79.9. The molecule has 2 N–H and O–H groups in total. The van der Waals surface area contributed by atoms with Crippen molar-refractivity contribution in [3.05, 3.63) is 33.8 Å². The summed E-state index contributed by atoms with van der Waals surface area (Å²) >= 11 is 3.27. The number of benzene rings is 1. The van der Waals surface area contributed by atoms with E-state index in [9.17, 15) is 13.2 Å². The zero-order valence-corrected chi connectivity index (χ0v) is 11.9. The molecule has 0 amide bonds. The molecule has 1 atom stereocenters. The van der Waals surface area contributed by atoms with Crippen LogP contribution >= 0.6 is 28.3 Å². The smallest absolute Gasteiger partial charge is 0.324 e. The van der Waals surface area contributed by atoms with Gasteiger partial charge in [0, 0.05) is 10.5 Å². The third-order valence-corrected chi connectivity index (χ3v) is 4.06. The largest absolute Gasteiger partial charge is 0.416 e. The molecule has 0 bridgehead atoms. The molecule has 2 rings (SSSR count). The van der Waals surface area contributed by atoms with Crippen molar-refractivity contribution in [2.45, 2.75) is 31.5 Å². The predicted octanol–water partition coefficient (Wildman–Crippen LogP) is 4.69. The summed E-state index contributed by atoms with van der Waals surface area (Å²) in [5, 5.41) is 0. The summed E-state index contributed by atoms with van der Waals surface area (Å²) in [6, 6.07) is 3.35. The lowest BCUT2D eigenvalue weighted by Crippen LogP contribution is -2.27. The maximum Gasteiger partial charge on any atom is 0.416 e. The molecule has 1 nitrogen and oxygen atoms in total. The Hall–Kier alpha value is -0.260. The van der Waals surface area contributed by atoms with Gasteiger partial charge in [0.1, 0.15) is 0 Å². The number of nitrogens with two attached hydrogens (primary N) is 1. The average molecular weight is 345 g/mol. The van der Waals surface area contributed by atoms with Crippen molar-refractivity contribution in [3.63, 3.8) is 0 Å². The number of halogens is 5. The molecule has 0 spiro atoms. The summed E-state index contributed by atoms with van der Waals surface area (Å²) in [7, 11) is 0. The summed E-state index contributed by atoms with van der Waals surface area (Å²) < 4.78 is 38.5. The van der Waals surface area contributed by atoms with E-state index in [1.165, 1.54) is 6.07 Å². The normalized spacial score (nSPS) is 17.8. The summed E-state index contributed by atoms with van der Waals surface area (Å²) in [4.78, 5) is 0. The molecule has 0 radical (unpaired) electrons. The number of alkyl halides is 3. The minimum absolute atomic E-state index is 0. The first-order chi connectivity index (χ1) is 7.89. The van der Waals surface area contributed by atoms with Gasteiger partial charge < -0.3 is 5.73 Å². The zero-order valence-electron chi connectivity index (χ0n) is 9.51. The summed E-state index contributed by atoms with van der Waals surface area (Å²) in [5.41, 5.74) is 5.94. The Bertz CT molecular complexity index is 418. The lowest BCUT2D eigenvalue weighted by Gasteiger charge is -2.32. The molecule has 1 aliphatic carbocycles. The number of hydrogen-bond acceptors (Lipinski definition) is 1. The first kappa shape index (κ1) is 15.8. The van der Waals surface area contributed by atoms with Crippen LogP contribution in [0.3, 0.4) is 0 Å². The molecule has 0 unspecified atom stereocenters. The highest BCUT2D eigenvalue weighted by Gasteiger charge is 2.33. The third kappa shape index (κ3) is 3.19. The van der Waals surface area contributed by atoms with E-state index in [-0.39, 0.29) is 18.4 Å². The molecule has 1 aromatic carbocycles. The van der Waals surface area contributed by atoms with Gasteiger partial charge in [-0.1, -0.05) is 22.4 Å². The van der Waals surface area contributed by atoms with E-state index in [0.29, 0.717) is 16.0 Å². The molecule has 0 aliphatic heterocycles. The van der Waals surface area contributed by atoms with Gasteiger partial charge in [-0.25, -0.2) is 0 Å². The molecule has 0 heterocycles. The third-order valence-electron chi connectivity index (χ3n) is 3.34. The monoisotopic (exact) mass is 343 g/mol. The van der Waals surface area contributed by atoms with Crippen molar-refractivity contribution in [1.82, 2.24) is 0 Å². The van der Waals surface area contributed by atoms with Crippen LogP contribution in [0.15, 0.2) is 22.7 Å². The second kappa shape index (κ2) is 5.80. The van der Waals surface area contributed by atoms with Crippen LogP contribution < -0.4 is 5.73 Å². The summed E-state index contributed by atoms with van der Waals surface area (Å²) in [6.07, 6.45) is -1.18. The fraction of sp³-hybridized carbons (Fsp3) is 0.500. The molecule has 1 saturated carbocycles. The lowest BCUT2D eigenvalue weighted by atomic mass is 9.77. The van der Waals surface area contributed by atoms with E-state index in [2.05, 4.69) is 15.9 Å². The van der Waals surface area contributed by atoms with Gasteiger partial charge in [-0.05, 0) is 42.5 Å². The Morgan fingerprint density at radius 3 is 2.33 bits per heavy atom. The standard InChI is InChI=1S/C12H13BrF3N.ClH/c13-10-5-4-8(12(14,15)16)6-9(10)11(17)7-2-1-3-7;/h4-7,11H,1-3,17H2;1H/t11-;/m0./s1. The van der Waals surface area contributed by atoms with Crippen LogP contribution in [0.5, 0.6) is 0 Å². The fourth-order valence-corrected chi connectivity index (χ4v) is 2.54. The Morgan fingerprint density at radius 1 is 1.28 bits per heavy atom. The SMILES string of the molecule is Cl.N[C@H](c1cc(C(F)(F)F)ccc1Br)C1CCC1. The molecule has 0 aromatic heterocycles. The molecular formula is C12H14BrClF3N. The first-order valence-electron chi connectivity index (χ1n) is 5.52. The Morgan fingerprint density at radius 2 is 1.89 bits per heavy atom. The molecule has 1 aromatic rings. The van der Waals surface area contributed by atoms with Crippen molar-refractivity contribution in [2.24, 2.45) is 11.7 Å². The quantitative estimate of drug-likeness (QED) is 0.827. The summed E-state index contributed by atoms with van der Waals surface area (Å²) in [6.45, 7) is 0. The van der Waals surface area contributed by atoms with E-state index in [4.69, 9.17) is 5.73 Å². The van der Waals surface area contributed by atoms with E-state index in [0.717, 1.165) is 31.4 Å². The number of hydrogen-bond donors (Lipinski definition) is 1. The van der Waals surface area contributed by atoms with Crippen LogP contribution in [0.4, 0.5) is 13.2 Å². The maximum absolute atomic E-state index is 12.6. The van der Waals surface area contributed by atoms with Crippen molar-refractivity contribution in [1.29, 1.82) is 0 Å². The van der Waals surface area contributed by atoms with E-state index >= 15 is 0 Å². The minimum Gasteiger partial charge on any atom is -0.324 e. The van der Waals surface area contributed by atoms with Gasteiger partial charge in [-0.2, -0.15) is 13.2 Å². The van der Waals surface area contributed by atoms with Crippen LogP contribution in [-0.4, -0.2) is 0 Å². The molecular weight excluding hydrogens is 330 g/mol. The topological polar surface area (TPSA) is 26.0 Å². The Kier molecular flexibility index (Phi) is 5.09. The highest BCUT2D eigenvalue weighted by Crippen LogP contribution is 2.40. The van der Waals surface area contributed by atoms with Crippen LogP contribution in [-0.2, 0) is 6.18 Å². The van der Waals surface area contributed by atoms with Crippen LogP contribution in [0.1, 0.15) is 36.4 Å². The Balaban J connectivity index is 0.00000162. The van der Waals surface area contributed by atoms with Gasteiger partial charge in [-0.3, -0.25) is 0 Å². The molecule has 6 heteroatoms. The van der Waals surface area contributed by atoms with E-state index in [1.54, 1.807) is 0 Å². The second-order valence-electron chi connectivity index (χ2n) is 4.45.